The van der Waals surface area contributed by atoms with Crippen LogP contribution in [0.15, 0.2) is 52.7 Å². The second-order valence-corrected chi connectivity index (χ2v) is 12.9. The molecule has 3 aliphatic rings. The molecule has 1 aromatic carbocycles. The van der Waals surface area contributed by atoms with Gasteiger partial charge in [-0.3, -0.25) is 10.2 Å². The molecular weight excluding hydrogens is 580 g/mol. The van der Waals surface area contributed by atoms with Crippen LogP contribution < -0.4 is 0 Å². The van der Waals surface area contributed by atoms with E-state index in [1.807, 2.05) is 10.9 Å². The number of aromatic nitrogens is 2. The van der Waals surface area contributed by atoms with Crippen molar-refractivity contribution in [3.8, 4) is 0 Å². The molecule has 3 heterocycles. The summed E-state index contributed by atoms with van der Waals surface area (Å²) in [5, 5.41) is 32.9. The van der Waals surface area contributed by atoms with Crippen molar-refractivity contribution in [3.05, 3.63) is 69.5 Å². The molecule has 0 bridgehead atoms. The molecule has 5 unspecified atom stereocenters. The Morgan fingerprint density at radius 3 is 2.54 bits per heavy atom. The van der Waals surface area contributed by atoms with E-state index in [0.29, 0.717) is 36.7 Å². The molecule has 0 spiro atoms. The second kappa shape index (κ2) is 12.8. The molecule has 2 aromatic rings. The first kappa shape index (κ1) is 29.9. The van der Waals surface area contributed by atoms with Gasteiger partial charge in [0, 0.05) is 18.7 Å². The lowest BCUT2D eigenvalue weighted by Gasteiger charge is -2.37. The summed E-state index contributed by atoms with van der Waals surface area (Å²) >= 11 is 3.80. The van der Waals surface area contributed by atoms with Crippen LogP contribution in [0.5, 0.6) is 0 Å². The number of rotatable bonds is 6. The SMILES string of the molecule is CCC1CC(c2cnn3c2C(C)CCC(C2CCN(C(=O)C(O)CO)CC2)=C(Br)C3=N)=CC(C)C1c1ccccc1. The largest absolute Gasteiger partial charge is 0.393 e. The fourth-order valence-corrected chi connectivity index (χ4v) is 8.11. The zero-order valence-corrected chi connectivity index (χ0v) is 26.0. The highest BCUT2D eigenvalue weighted by Crippen LogP contribution is 2.47. The first-order valence-corrected chi connectivity index (χ1v) is 15.9. The number of nitrogens with zero attached hydrogens (tertiary/aromatic N) is 3. The average Bonchev–Trinajstić information content (AvgIpc) is 3.44. The Kier molecular flexibility index (Phi) is 9.31. The number of allylic oxidation sites excluding steroid dienone is 4. The van der Waals surface area contributed by atoms with Crippen LogP contribution in [-0.4, -0.2) is 62.4 Å². The number of amides is 1. The molecular formula is C33H43BrN4O3. The number of aliphatic hydroxyl groups excluding tert-OH is 2. The fraction of sp³-hybridized carbons (Fsp3) is 0.545. The van der Waals surface area contributed by atoms with Crippen LogP contribution in [0.3, 0.4) is 0 Å². The summed E-state index contributed by atoms with van der Waals surface area (Å²) in [6.45, 7) is 7.43. The maximum absolute atomic E-state index is 12.3. The van der Waals surface area contributed by atoms with E-state index in [9.17, 15) is 15.3 Å². The summed E-state index contributed by atoms with van der Waals surface area (Å²) in [5.41, 5.74) is 6.33. The van der Waals surface area contributed by atoms with Crippen LogP contribution >= 0.6 is 15.9 Å². The van der Waals surface area contributed by atoms with E-state index in [0.717, 1.165) is 48.7 Å². The van der Waals surface area contributed by atoms with Crippen molar-refractivity contribution in [1.82, 2.24) is 14.7 Å². The molecule has 0 radical (unpaired) electrons. The topological polar surface area (TPSA) is 102 Å². The minimum absolute atomic E-state index is 0.243. The molecule has 2 aliphatic heterocycles. The first-order chi connectivity index (χ1) is 19.7. The third-order valence-electron chi connectivity index (χ3n) is 9.65. The second-order valence-electron chi connectivity index (χ2n) is 12.1. The first-order valence-electron chi connectivity index (χ1n) is 15.1. The molecule has 0 saturated carbocycles. The zero-order valence-electron chi connectivity index (χ0n) is 24.4. The fourth-order valence-electron chi connectivity index (χ4n) is 7.42. The Morgan fingerprint density at radius 1 is 1.17 bits per heavy atom. The Morgan fingerprint density at radius 2 is 1.88 bits per heavy atom. The van der Waals surface area contributed by atoms with Gasteiger partial charge in [0.1, 0.15) is 0 Å². The van der Waals surface area contributed by atoms with Crippen molar-refractivity contribution < 1.29 is 15.0 Å². The van der Waals surface area contributed by atoms with E-state index >= 15 is 0 Å². The lowest BCUT2D eigenvalue weighted by molar-refractivity contribution is -0.143. The molecule has 5 atom stereocenters. The molecule has 8 heteroatoms. The maximum atomic E-state index is 12.3. The number of hydrogen-bond acceptors (Lipinski definition) is 5. The van der Waals surface area contributed by atoms with E-state index in [2.05, 4.69) is 73.1 Å². The number of halogens is 1. The van der Waals surface area contributed by atoms with Gasteiger partial charge in [0.25, 0.3) is 5.91 Å². The lowest BCUT2D eigenvalue weighted by Crippen LogP contribution is -2.45. The number of carbonyl (C=O) groups is 1. The van der Waals surface area contributed by atoms with Crippen LogP contribution in [0.25, 0.3) is 5.57 Å². The quantitative estimate of drug-likeness (QED) is 0.363. The molecule has 5 rings (SSSR count). The molecule has 1 amide bonds. The number of benzene rings is 1. The van der Waals surface area contributed by atoms with Crippen molar-refractivity contribution in [2.75, 3.05) is 19.7 Å². The normalized spacial score (nSPS) is 26.7. The van der Waals surface area contributed by atoms with E-state index in [-0.39, 0.29) is 11.8 Å². The molecule has 7 nitrogen and oxygen atoms in total. The van der Waals surface area contributed by atoms with Gasteiger partial charge in [0.05, 0.1) is 23.0 Å². The number of aliphatic hydroxyl groups is 2. The monoisotopic (exact) mass is 622 g/mol. The summed E-state index contributed by atoms with van der Waals surface area (Å²) in [5.74, 6) is 1.95. The van der Waals surface area contributed by atoms with Crippen LogP contribution in [0.1, 0.15) is 88.0 Å². The van der Waals surface area contributed by atoms with Crippen LogP contribution in [0.4, 0.5) is 0 Å². The van der Waals surface area contributed by atoms with E-state index in [4.69, 9.17) is 10.2 Å². The molecule has 41 heavy (non-hydrogen) atoms. The minimum atomic E-state index is -1.35. The number of piperidine rings is 1. The van der Waals surface area contributed by atoms with Gasteiger partial charge in [-0.1, -0.05) is 63.6 Å². The predicted molar refractivity (Wildman–Crippen MR) is 166 cm³/mol. The van der Waals surface area contributed by atoms with Gasteiger partial charge in [-0.2, -0.15) is 5.10 Å². The summed E-state index contributed by atoms with van der Waals surface area (Å²) in [6.07, 6.45) is 8.63. The minimum Gasteiger partial charge on any atom is -0.393 e. The maximum Gasteiger partial charge on any atom is 0.253 e. The number of fused-ring (bicyclic) bond motifs is 1. The summed E-state index contributed by atoms with van der Waals surface area (Å²) in [4.78, 5) is 14.0. The van der Waals surface area contributed by atoms with Gasteiger partial charge in [-0.05, 0) is 94.3 Å². The standard InChI is InChI=1S/C33H43BrN4O3/c1-4-22-17-25(16-21(3)29(22)24-8-6-5-7-9-24)27-18-36-38-31(27)20(2)10-11-26(30(34)32(38)35)23-12-14-37(15-13-23)33(41)28(40)19-39/h5-9,16,18,20-23,28-29,35,39-40H,4,10-15,17,19H2,1-3H3. The molecule has 1 fully saturated rings. The van der Waals surface area contributed by atoms with E-state index in [1.54, 1.807) is 4.90 Å². The van der Waals surface area contributed by atoms with Gasteiger partial charge < -0.3 is 15.1 Å². The van der Waals surface area contributed by atoms with E-state index in [1.165, 1.54) is 22.3 Å². The number of likely N-dealkylation sites (tertiary alicyclic amines) is 1. The Hall–Kier alpha value is -2.55. The highest BCUT2D eigenvalue weighted by Gasteiger charge is 2.35. The van der Waals surface area contributed by atoms with Crippen molar-refractivity contribution in [2.24, 2.45) is 17.8 Å². The number of nitrogens with one attached hydrogen (secondary N) is 1. The van der Waals surface area contributed by atoms with Gasteiger partial charge >= 0.3 is 0 Å². The van der Waals surface area contributed by atoms with Crippen molar-refractivity contribution in [1.29, 1.82) is 5.41 Å². The summed E-state index contributed by atoms with van der Waals surface area (Å²) < 4.78 is 2.65. The van der Waals surface area contributed by atoms with Gasteiger partial charge in [0.2, 0.25) is 0 Å². The highest BCUT2D eigenvalue weighted by molar-refractivity contribution is 9.12. The van der Waals surface area contributed by atoms with Crippen LogP contribution in [-0.2, 0) is 4.79 Å². The number of hydrogen-bond donors (Lipinski definition) is 3. The molecule has 1 aromatic heterocycles. The number of carbonyl (C=O) groups excluding carboxylic acids is 1. The zero-order chi connectivity index (χ0) is 29.3. The van der Waals surface area contributed by atoms with Crippen LogP contribution in [0.2, 0.25) is 0 Å². The smallest absolute Gasteiger partial charge is 0.253 e. The Bertz CT molecular complexity index is 1330. The van der Waals surface area contributed by atoms with Gasteiger partial charge in [0.15, 0.2) is 11.9 Å². The van der Waals surface area contributed by atoms with Crippen molar-refractivity contribution >= 4 is 33.2 Å². The third kappa shape index (κ3) is 5.88. The van der Waals surface area contributed by atoms with Gasteiger partial charge in [-0.25, -0.2) is 4.68 Å². The molecule has 3 N–H and O–H groups in total. The summed E-state index contributed by atoms with van der Waals surface area (Å²) in [7, 11) is 0. The molecule has 220 valence electrons. The third-order valence-corrected chi connectivity index (χ3v) is 10.5. The van der Waals surface area contributed by atoms with Crippen molar-refractivity contribution in [2.45, 2.75) is 77.2 Å². The van der Waals surface area contributed by atoms with Gasteiger partial charge in [-0.15, -0.1) is 0 Å². The van der Waals surface area contributed by atoms with Crippen molar-refractivity contribution in [3.63, 3.8) is 0 Å². The van der Waals surface area contributed by atoms with Crippen LogP contribution in [0, 0.1) is 23.2 Å². The van der Waals surface area contributed by atoms with E-state index < -0.39 is 18.6 Å². The Balaban J connectivity index is 1.40. The summed E-state index contributed by atoms with van der Waals surface area (Å²) in [6, 6.07) is 10.9. The lowest BCUT2D eigenvalue weighted by atomic mass is 9.68. The molecule has 1 aliphatic carbocycles. The average molecular weight is 624 g/mol. The molecule has 1 saturated heterocycles. The highest BCUT2D eigenvalue weighted by atomic mass is 79.9. The predicted octanol–water partition coefficient (Wildman–Crippen LogP) is 6.08. The Labute approximate surface area is 252 Å².